The average molecular weight is 2290 g/mol. The quantitative estimate of drug-likeness (QED) is 0.0296. The monoisotopic (exact) mass is 2280 g/mol. The molecule has 0 spiro atoms. The Morgan fingerprint density at radius 3 is 0.308 bits per heavy atom. The summed E-state index contributed by atoms with van der Waals surface area (Å²) in [7, 11) is -63.9. The molecule has 0 radical (unpaired) electrons. The zero-order valence-electron chi connectivity index (χ0n) is 59.5. The third-order valence-electron chi connectivity index (χ3n) is 13.9. The second kappa shape index (κ2) is 34.5. The van der Waals surface area contributed by atoms with Crippen LogP contribution in [0.3, 0.4) is 0 Å². The van der Waals surface area contributed by atoms with Crippen molar-refractivity contribution >= 4 is 142 Å². The van der Waals surface area contributed by atoms with Gasteiger partial charge in [-0.3, -0.25) is 0 Å². The number of pyridine rings is 6. The van der Waals surface area contributed by atoms with Gasteiger partial charge in [0.05, 0.1) is 0 Å². The van der Waals surface area contributed by atoms with Gasteiger partial charge in [-0.2, -0.15) is 0 Å². The summed E-state index contributed by atoms with van der Waals surface area (Å²) in [6.45, 7) is 4.75. The molecule has 0 bridgehead atoms. The molecule has 0 N–H and O–H groups in total. The molecule has 120 heavy (non-hydrogen) atoms. The van der Waals surface area contributed by atoms with Gasteiger partial charge in [0.1, 0.15) is 0 Å². The van der Waals surface area contributed by atoms with E-state index < -0.39 is 46.9 Å². The van der Waals surface area contributed by atoms with Crippen LogP contribution in [0.1, 0.15) is 66.8 Å². The summed E-state index contributed by atoms with van der Waals surface area (Å²) >= 11 is 21.8. The van der Waals surface area contributed by atoms with E-state index in [-0.39, 0.29) is 0 Å². The molecule has 0 saturated heterocycles. The molecule has 0 unspecified atom stereocenters. The van der Waals surface area contributed by atoms with Crippen LogP contribution < -0.4 is 27.4 Å². The Bertz CT molecular complexity index is 4430. The minimum absolute atomic E-state index is 0.758. The third-order valence-corrected chi connectivity index (χ3v) is 17.8. The summed E-state index contributed by atoms with van der Waals surface area (Å²) in [5, 5.41) is 5.09. The van der Waals surface area contributed by atoms with Gasteiger partial charge in [-0.1, -0.05) is 114 Å². The second-order valence-electron chi connectivity index (χ2n) is 25.7. The van der Waals surface area contributed by atoms with Crippen molar-refractivity contribution < 1.29 is 178 Å². The molecule has 10 aromatic rings. The van der Waals surface area contributed by atoms with E-state index in [9.17, 15) is 151 Å². The van der Waals surface area contributed by atoms with Gasteiger partial charge in [0.2, 0.25) is 0 Å². The number of nitrogens with zero attached hydrogens (tertiary/aromatic N) is 6. The van der Waals surface area contributed by atoms with Gasteiger partial charge in [0, 0.05) is 138 Å². The van der Waals surface area contributed by atoms with Crippen molar-refractivity contribution in [3.05, 3.63) is 287 Å². The van der Waals surface area contributed by atoms with Crippen molar-refractivity contribution in [2.45, 2.75) is 71.2 Å². The fourth-order valence-corrected chi connectivity index (χ4v) is 12.1. The molecule has 0 aliphatic rings. The molecular formula is C66H60Br6F36N6P6. The number of hydrogen-bond acceptors (Lipinski definition) is 0. The van der Waals surface area contributed by atoms with E-state index >= 15 is 0 Å². The van der Waals surface area contributed by atoms with Crippen LogP contribution in [0.15, 0.2) is 220 Å². The Morgan fingerprint density at radius 2 is 0.225 bits per heavy atom. The second-order valence-corrected chi connectivity index (χ2v) is 40.6. The van der Waals surface area contributed by atoms with Crippen molar-refractivity contribution in [3.63, 3.8) is 0 Å². The Kier molecular flexibility index (Phi) is 30.8. The summed E-state index contributed by atoms with van der Waals surface area (Å²) in [5.74, 6) is 0. The van der Waals surface area contributed by atoms with Gasteiger partial charge in [-0.05, 0) is 121 Å². The van der Waals surface area contributed by atoms with E-state index in [1.54, 1.807) is 0 Å². The Balaban J connectivity index is 0.000000588. The minimum atomic E-state index is -10.7. The van der Waals surface area contributed by atoms with Crippen LogP contribution in [-0.2, 0) is 71.2 Å². The first-order valence-corrected chi connectivity index (χ1v) is 51.0. The molecule has 0 fully saturated rings. The number of aromatic nitrogens is 6. The van der Waals surface area contributed by atoms with E-state index in [1.165, 1.54) is 100 Å². The number of benzene rings is 4. The van der Waals surface area contributed by atoms with Crippen LogP contribution >= 0.6 is 142 Å². The third kappa shape index (κ3) is 61.9. The van der Waals surface area contributed by atoms with Crippen molar-refractivity contribution in [3.8, 4) is 33.4 Å². The van der Waals surface area contributed by atoms with Crippen molar-refractivity contribution in [2.75, 3.05) is 0 Å². The van der Waals surface area contributed by atoms with Crippen LogP contribution in [0.25, 0.3) is 33.4 Å². The first kappa shape index (κ1) is 107. The van der Waals surface area contributed by atoms with Gasteiger partial charge < -0.3 is 0 Å². The van der Waals surface area contributed by atoms with Crippen molar-refractivity contribution in [1.29, 1.82) is 0 Å². The fourth-order valence-electron chi connectivity index (χ4n) is 10.2. The molecule has 54 heteroatoms. The van der Waals surface area contributed by atoms with Crippen LogP contribution in [0, 0.1) is 0 Å². The molecule has 0 atom stereocenters. The Labute approximate surface area is 707 Å². The molecule has 6 aromatic heterocycles. The standard InChI is InChI=1S/C66H60Br6N6.6F6P/c67-37-49-25-50(38-68)29-55(28-49)43-73-13-1-61(2-14-73)64-7-19-76(20-8-64)46-58-34-59(47-77-21-9-65(10-22-77)62-3-15-74(16-4-62)44-56-30-51(39-69)26-52(31-56)40-70)36-60(35-58)48-78-23-11-66(12-24-78)63-5-17-75(18-6-63)45-57-32-53(41-71)27-54(33-57)42-72;6*1-7(2,3,4,5)6/h1-36H,37-48H2;;;;;;/q+6;6*-1. The van der Waals surface area contributed by atoms with E-state index in [2.05, 4.69) is 343 Å². The maximum atomic E-state index is 9.87. The molecule has 0 saturated carbocycles. The average Bonchev–Trinajstić information content (AvgIpc) is 0.802. The topological polar surface area (TPSA) is 23.3 Å². The van der Waals surface area contributed by atoms with Gasteiger partial charge in [-0.25, -0.2) is 27.4 Å². The number of alkyl halides is 6. The molecule has 6 heterocycles. The Morgan fingerprint density at radius 1 is 0.150 bits per heavy atom. The zero-order valence-corrected chi connectivity index (χ0v) is 74.4. The molecule has 6 nitrogen and oxygen atoms in total. The predicted octanol–water partition coefficient (Wildman–Crippen LogP) is 34.4. The summed E-state index contributed by atoms with van der Waals surface area (Å²) < 4.78 is 369. The Hall–Kier alpha value is -5.28. The first-order valence-electron chi connectivity index (χ1n) is 32.1. The fraction of sp³-hybridized carbons (Fsp3) is 0.182. The molecule has 0 amide bonds. The van der Waals surface area contributed by atoms with Gasteiger partial charge in [0.25, 0.3) is 0 Å². The van der Waals surface area contributed by atoms with Gasteiger partial charge in [0.15, 0.2) is 114 Å². The predicted molar refractivity (Wildman–Crippen MR) is 414 cm³/mol. The molecule has 4 aromatic carbocycles. The maximum absolute atomic E-state index is 10.7. The summed E-state index contributed by atoms with van der Waals surface area (Å²) in [5.41, 5.74) is 22.6. The summed E-state index contributed by atoms with van der Waals surface area (Å²) in [6, 6.07) is 54.2. The SMILES string of the molecule is BrCc1cc(CBr)cc(C[n+]2ccc(-c3cc[n+](Cc4cc(C[n+]5ccc(-c6cc[n+](Cc7cc(CBr)cc(CBr)c7)cc6)cc5)cc(C[n+]5ccc(-c6cc[n+](Cc7cc(CBr)cc(CBr)c7)cc6)cc5)c4)cc3)cc2)c1.F[P-](F)(F)(F)(F)F.F[P-](F)(F)(F)(F)F.F[P-](F)(F)(F)(F)F.F[P-](F)(F)(F)(F)F.F[P-](F)(F)(F)(F)F.F[P-](F)(F)(F)(F)F. The van der Waals surface area contributed by atoms with Gasteiger partial charge in [-0.15, -0.1) is 0 Å². The van der Waals surface area contributed by atoms with Crippen molar-refractivity contribution in [1.82, 2.24) is 0 Å². The summed E-state index contributed by atoms with van der Waals surface area (Å²) in [4.78, 5) is 0. The van der Waals surface area contributed by atoms with E-state index in [0.29, 0.717) is 0 Å². The van der Waals surface area contributed by atoms with E-state index in [1.807, 2.05) is 0 Å². The van der Waals surface area contributed by atoms with E-state index in [4.69, 9.17) is 0 Å². The summed E-state index contributed by atoms with van der Waals surface area (Å²) in [6.07, 6.45) is 26.3. The first-order chi connectivity index (χ1) is 52.9. The van der Waals surface area contributed by atoms with Crippen LogP contribution in [0.5, 0.6) is 0 Å². The van der Waals surface area contributed by atoms with Crippen LogP contribution in [0.2, 0.25) is 0 Å². The molecular weight excluding hydrogens is 2230 g/mol. The molecule has 10 rings (SSSR count). The van der Waals surface area contributed by atoms with Gasteiger partial charge >= 0.3 is 198 Å². The molecule has 678 valence electrons. The van der Waals surface area contributed by atoms with E-state index in [0.717, 1.165) is 71.2 Å². The zero-order chi connectivity index (χ0) is 92.2. The molecule has 0 aliphatic carbocycles. The van der Waals surface area contributed by atoms with Crippen LogP contribution in [0.4, 0.5) is 151 Å². The van der Waals surface area contributed by atoms with Crippen LogP contribution in [-0.4, -0.2) is 0 Å². The number of rotatable bonds is 21. The molecule has 0 aliphatic heterocycles. The normalized spacial score (nSPS) is 15.4. The van der Waals surface area contributed by atoms with Crippen molar-refractivity contribution in [2.24, 2.45) is 0 Å². The number of hydrogen-bond donors (Lipinski definition) is 0. The number of halogens is 42.